The quantitative estimate of drug-likeness (QED) is 0.0386. The molecule has 0 amide bonds. The van der Waals surface area contributed by atoms with Crippen molar-refractivity contribution in [2.75, 3.05) is 33.9 Å². The maximum absolute atomic E-state index is 13.5. The topological polar surface area (TPSA) is 55.8 Å². The summed E-state index contributed by atoms with van der Waals surface area (Å²) in [6.45, 7) is 6.15. The van der Waals surface area contributed by atoms with E-state index < -0.39 is 5.79 Å². The molecule has 0 radical (unpaired) electrons. The lowest BCUT2D eigenvalue weighted by atomic mass is 9.94. The average molecular weight is 674 g/mol. The molecule has 280 valence electrons. The number of hydrogen-bond donors (Lipinski definition) is 0. The highest BCUT2D eigenvalue weighted by molar-refractivity contribution is 6.08. The molecule has 0 aliphatic carbocycles. The standard InChI is InChI=1S/C43H79NO4/c1-5-7-9-11-13-15-17-19-21-23-25-27-29-31-33-35-41(45)43(47-38-40(39-48-43)37-44(3)4)42(46)36-34-32-30-28-26-24-22-20-18-16-14-12-10-8-6-2/h19-22,40H,5-18,23-39H2,1-4H3/b21-19-,22-20-. The van der Waals surface area contributed by atoms with Gasteiger partial charge in [-0.1, -0.05) is 141 Å². The van der Waals surface area contributed by atoms with Crippen LogP contribution in [0.2, 0.25) is 0 Å². The van der Waals surface area contributed by atoms with E-state index in [1.54, 1.807) is 0 Å². The summed E-state index contributed by atoms with van der Waals surface area (Å²) in [6.07, 6.45) is 41.8. The van der Waals surface area contributed by atoms with E-state index in [1.165, 1.54) is 116 Å². The third kappa shape index (κ3) is 23.2. The first kappa shape index (κ1) is 44.7. The first-order valence-electron chi connectivity index (χ1n) is 20.8. The molecule has 1 aliphatic rings. The van der Waals surface area contributed by atoms with E-state index in [0.29, 0.717) is 26.1 Å². The number of unbranched alkanes of at least 4 members (excludes halogenated alkanes) is 22. The summed E-state index contributed by atoms with van der Waals surface area (Å²) in [6, 6.07) is 0. The van der Waals surface area contributed by atoms with E-state index in [-0.39, 0.29) is 17.5 Å². The van der Waals surface area contributed by atoms with Crippen LogP contribution in [0.3, 0.4) is 0 Å². The predicted octanol–water partition coefficient (Wildman–Crippen LogP) is 12.1. The normalized spacial score (nSPS) is 15.4. The van der Waals surface area contributed by atoms with E-state index in [1.807, 2.05) is 14.1 Å². The van der Waals surface area contributed by atoms with Crippen molar-refractivity contribution in [3.63, 3.8) is 0 Å². The van der Waals surface area contributed by atoms with Gasteiger partial charge in [0.25, 0.3) is 5.79 Å². The van der Waals surface area contributed by atoms with Crippen molar-refractivity contribution in [2.45, 2.75) is 199 Å². The lowest BCUT2D eigenvalue weighted by molar-refractivity contribution is -0.256. The smallest absolute Gasteiger partial charge is 0.290 e. The van der Waals surface area contributed by atoms with Gasteiger partial charge in [-0.05, 0) is 78.3 Å². The number of carbonyl (C=O) groups is 2. The molecular weight excluding hydrogens is 594 g/mol. The number of nitrogens with zero attached hydrogens (tertiary/aromatic N) is 1. The van der Waals surface area contributed by atoms with Gasteiger partial charge in [-0.2, -0.15) is 0 Å². The van der Waals surface area contributed by atoms with Gasteiger partial charge in [0.05, 0.1) is 13.2 Å². The van der Waals surface area contributed by atoms with Crippen LogP contribution in [-0.4, -0.2) is 56.1 Å². The van der Waals surface area contributed by atoms with Crippen molar-refractivity contribution < 1.29 is 19.1 Å². The molecule has 0 unspecified atom stereocenters. The Hall–Kier alpha value is -1.30. The molecule has 0 aromatic rings. The summed E-state index contributed by atoms with van der Waals surface area (Å²) in [4.78, 5) is 29.1. The molecule has 0 N–H and O–H groups in total. The summed E-state index contributed by atoms with van der Waals surface area (Å²) in [5.41, 5.74) is 0. The monoisotopic (exact) mass is 674 g/mol. The van der Waals surface area contributed by atoms with Gasteiger partial charge in [0.1, 0.15) is 0 Å². The maximum atomic E-state index is 13.5. The van der Waals surface area contributed by atoms with Gasteiger partial charge in [-0.15, -0.1) is 0 Å². The van der Waals surface area contributed by atoms with Gasteiger partial charge in [0.2, 0.25) is 0 Å². The minimum atomic E-state index is -1.68. The van der Waals surface area contributed by atoms with Crippen molar-refractivity contribution in [1.82, 2.24) is 4.90 Å². The van der Waals surface area contributed by atoms with E-state index in [9.17, 15) is 9.59 Å². The molecule has 1 aliphatic heterocycles. The van der Waals surface area contributed by atoms with Gasteiger partial charge in [-0.3, -0.25) is 9.59 Å². The Morgan fingerprint density at radius 2 is 0.833 bits per heavy atom. The van der Waals surface area contributed by atoms with E-state index >= 15 is 0 Å². The maximum Gasteiger partial charge on any atom is 0.290 e. The summed E-state index contributed by atoms with van der Waals surface area (Å²) in [5.74, 6) is -1.83. The number of hydrogen-bond acceptors (Lipinski definition) is 5. The van der Waals surface area contributed by atoms with Crippen LogP contribution in [0.15, 0.2) is 24.3 Å². The molecule has 1 heterocycles. The largest absolute Gasteiger partial charge is 0.337 e. The summed E-state index contributed by atoms with van der Waals surface area (Å²) >= 11 is 0. The number of Topliss-reactive ketones (excluding diaryl/α,β-unsaturated/α-hetero) is 2. The van der Waals surface area contributed by atoms with Crippen LogP contribution in [0.1, 0.15) is 194 Å². The Morgan fingerprint density at radius 3 is 1.17 bits per heavy atom. The van der Waals surface area contributed by atoms with Gasteiger partial charge in [-0.25, -0.2) is 0 Å². The van der Waals surface area contributed by atoms with E-state index in [2.05, 4.69) is 43.1 Å². The molecule has 1 fully saturated rings. The molecule has 0 aromatic carbocycles. The second-order valence-electron chi connectivity index (χ2n) is 14.9. The van der Waals surface area contributed by atoms with Crippen LogP contribution < -0.4 is 0 Å². The fraction of sp³-hybridized carbons (Fsp3) is 0.860. The Bertz CT molecular complexity index is 758. The average Bonchev–Trinajstić information content (AvgIpc) is 3.08. The number of rotatable bonds is 34. The van der Waals surface area contributed by atoms with Gasteiger partial charge in [0.15, 0.2) is 11.6 Å². The zero-order valence-electron chi connectivity index (χ0n) is 32.4. The third-order valence-electron chi connectivity index (χ3n) is 9.73. The van der Waals surface area contributed by atoms with Crippen molar-refractivity contribution in [1.29, 1.82) is 0 Å². The molecule has 0 aromatic heterocycles. The summed E-state index contributed by atoms with van der Waals surface area (Å²) in [7, 11) is 4.05. The summed E-state index contributed by atoms with van der Waals surface area (Å²) in [5, 5.41) is 0. The Morgan fingerprint density at radius 1 is 0.521 bits per heavy atom. The molecule has 5 nitrogen and oxygen atoms in total. The molecule has 0 saturated carbocycles. The molecule has 0 bridgehead atoms. The highest BCUT2D eigenvalue weighted by atomic mass is 16.7. The Balaban J connectivity index is 2.28. The minimum absolute atomic E-state index is 0.166. The predicted molar refractivity (Wildman–Crippen MR) is 206 cm³/mol. The number of ketones is 2. The van der Waals surface area contributed by atoms with E-state index in [4.69, 9.17) is 9.47 Å². The molecule has 5 heteroatoms. The van der Waals surface area contributed by atoms with Crippen LogP contribution >= 0.6 is 0 Å². The van der Waals surface area contributed by atoms with Crippen LogP contribution in [0.5, 0.6) is 0 Å². The molecular formula is C43H79NO4. The van der Waals surface area contributed by atoms with Crippen molar-refractivity contribution in [3.05, 3.63) is 24.3 Å². The molecule has 1 saturated heterocycles. The second kappa shape index (κ2) is 31.7. The third-order valence-corrected chi connectivity index (χ3v) is 9.73. The Labute approximate surface area is 298 Å². The van der Waals surface area contributed by atoms with Crippen LogP contribution in [0.25, 0.3) is 0 Å². The molecule has 0 atom stereocenters. The zero-order valence-corrected chi connectivity index (χ0v) is 32.4. The fourth-order valence-electron chi connectivity index (χ4n) is 6.70. The summed E-state index contributed by atoms with van der Waals surface area (Å²) < 4.78 is 12.2. The Kier molecular flexibility index (Phi) is 29.5. The van der Waals surface area contributed by atoms with Crippen LogP contribution in [0.4, 0.5) is 0 Å². The lowest BCUT2D eigenvalue weighted by Crippen LogP contribution is -2.56. The minimum Gasteiger partial charge on any atom is -0.337 e. The first-order valence-corrected chi connectivity index (χ1v) is 20.8. The van der Waals surface area contributed by atoms with E-state index in [0.717, 1.165) is 57.9 Å². The van der Waals surface area contributed by atoms with Crippen LogP contribution in [0, 0.1) is 5.92 Å². The molecule has 1 rings (SSSR count). The highest BCUT2D eigenvalue weighted by Gasteiger charge is 2.50. The number of ether oxygens (including phenoxy) is 2. The van der Waals surface area contributed by atoms with Crippen molar-refractivity contribution in [2.24, 2.45) is 5.92 Å². The zero-order chi connectivity index (χ0) is 35.0. The SMILES string of the molecule is CCCCCCCC/C=C\CCCCCCCC(=O)C1(C(=O)CCCCCCC/C=C\CCCCCCCC)OCC(CN(C)C)CO1. The molecule has 48 heavy (non-hydrogen) atoms. The van der Waals surface area contributed by atoms with Crippen molar-refractivity contribution >= 4 is 11.6 Å². The van der Waals surface area contributed by atoms with Gasteiger partial charge in [0, 0.05) is 25.3 Å². The first-order chi connectivity index (χ1) is 23.5. The highest BCUT2D eigenvalue weighted by Crippen LogP contribution is 2.29. The number of carbonyl (C=O) groups excluding carboxylic acids is 2. The molecule has 0 spiro atoms. The number of allylic oxidation sites excluding steroid dienone is 4. The lowest BCUT2D eigenvalue weighted by Gasteiger charge is -2.38. The fourth-order valence-corrected chi connectivity index (χ4v) is 6.70. The van der Waals surface area contributed by atoms with Crippen molar-refractivity contribution in [3.8, 4) is 0 Å². The second-order valence-corrected chi connectivity index (χ2v) is 14.9. The van der Waals surface area contributed by atoms with Gasteiger partial charge < -0.3 is 14.4 Å². The van der Waals surface area contributed by atoms with Gasteiger partial charge >= 0.3 is 0 Å². The van der Waals surface area contributed by atoms with Crippen LogP contribution in [-0.2, 0) is 19.1 Å².